The zero-order valence-corrected chi connectivity index (χ0v) is 23.5. The minimum Gasteiger partial charge on any atom is -0.493 e. The van der Waals surface area contributed by atoms with Gasteiger partial charge in [-0.25, -0.2) is 0 Å². The van der Waals surface area contributed by atoms with Crippen LogP contribution in [0.25, 0.3) is 0 Å². The normalized spacial score (nSPS) is 10.6. The van der Waals surface area contributed by atoms with Gasteiger partial charge in [0.2, 0.25) is 17.8 Å². The predicted molar refractivity (Wildman–Crippen MR) is 153 cm³/mol. The zero-order valence-electron chi connectivity index (χ0n) is 23.5. The van der Waals surface area contributed by atoms with E-state index in [1.807, 2.05) is 36.4 Å². The van der Waals surface area contributed by atoms with E-state index in [-0.39, 0.29) is 0 Å². The van der Waals surface area contributed by atoms with E-state index < -0.39 is 0 Å². The second kappa shape index (κ2) is 16.8. The third-order valence-corrected chi connectivity index (χ3v) is 5.62. The molecule has 13 nitrogen and oxygen atoms in total. The molecule has 2 aromatic carbocycles. The Bertz CT molecular complexity index is 1180. The molecule has 3 aromatic rings. The molecule has 0 spiro atoms. The van der Waals surface area contributed by atoms with Crippen molar-refractivity contribution in [2.75, 3.05) is 83.9 Å². The van der Waals surface area contributed by atoms with E-state index >= 15 is 0 Å². The van der Waals surface area contributed by atoms with Crippen LogP contribution in [-0.4, -0.2) is 82.9 Å². The van der Waals surface area contributed by atoms with Gasteiger partial charge in [0, 0.05) is 31.7 Å². The average Bonchev–Trinajstić information content (AvgIpc) is 2.99. The van der Waals surface area contributed by atoms with Gasteiger partial charge in [0.1, 0.15) is 0 Å². The number of nitrogens with one attached hydrogen (secondary N) is 3. The lowest BCUT2D eigenvalue weighted by molar-refractivity contribution is 0.0547. The molecule has 5 N–H and O–H groups in total. The smallest absolute Gasteiger partial charge is 0.229 e. The summed E-state index contributed by atoms with van der Waals surface area (Å²) >= 11 is 0. The lowest BCUT2D eigenvalue weighted by atomic mass is 10.2. The number of hydrogen-bond donors (Lipinski definition) is 4. The van der Waals surface area contributed by atoms with Crippen molar-refractivity contribution in [1.82, 2.24) is 15.0 Å². The van der Waals surface area contributed by atoms with Crippen molar-refractivity contribution in [3.8, 4) is 23.0 Å². The summed E-state index contributed by atoms with van der Waals surface area (Å²) in [6, 6.07) is 11.4. The van der Waals surface area contributed by atoms with Gasteiger partial charge in [-0.15, -0.1) is 0 Å². The second-order valence-corrected chi connectivity index (χ2v) is 8.30. The number of rotatable bonds is 19. The molecule has 40 heavy (non-hydrogen) atoms. The van der Waals surface area contributed by atoms with Crippen molar-refractivity contribution in [1.29, 1.82) is 0 Å². The minimum absolute atomic E-state index is 0.383. The Morgan fingerprint density at radius 3 is 1.95 bits per heavy atom. The van der Waals surface area contributed by atoms with Crippen molar-refractivity contribution < 1.29 is 28.4 Å². The fourth-order valence-electron chi connectivity index (χ4n) is 3.69. The van der Waals surface area contributed by atoms with Crippen LogP contribution in [0.4, 0.5) is 17.8 Å². The summed E-state index contributed by atoms with van der Waals surface area (Å²) in [7, 11) is 6.41. The number of benzene rings is 2. The molecule has 0 saturated carbocycles. The van der Waals surface area contributed by atoms with Crippen molar-refractivity contribution in [3.63, 3.8) is 0 Å². The molecular weight excluding hydrogens is 518 g/mol. The SMILES string of the molecule is COc1ccc(CNc2nc(NCCOCCOCCN)nc(NCc3cccc(OC)c3OC)n2)cc1OC. The topological polar surface area (TPSA) is 156 Å². The number of ether oxygens (including phenoxy) is 6. The summed E-state index contributed by atoms with van der Waals surface area (Å²) in [4.78, 5) is 13.6. The molecular formula is C27H39N7O6. The largest absolute Gasteiger partial charge is 0.493 e. The molecule has 0 unspecified atom stereocenters. The number of nitrogens with zero attached hydrogens (tertiary/aromatic N) is 3. The van der Waals surface area contributed by atoms with Crippen LogP contribution in [-0.2, 0) is 22.6 Å². The second-order valence-electron chi connectivity index (χ2n) is 8.30. The zero-order chi connectivity index (χ0) is 28.6. The molecule has 1 heterocycles. The summed E-state index contributed by atoms with van der Waals surface area (Å²) < 4.78 is 32.6. The Morgan fingerprint density at radius 2 is 1.30 bits per heavy atom. The van der Waals surface area contributed by atoms with E-state index in [0.717, 1.165) is 11.1 Å². The number of hydrogen-bond acceptors (Lipinski definition) is 13. The molecule has 0 saturated heterocycles. The van der Waals surface area contributed by atoms with E-state index in [9.17, 15) is 0 Å². The average molecular weight is 558 g/mol. The molecule has 0 radical (unpaired) electrons. The van der Waals surface area contributed by atoms with E-state index in [1.54, 1.807) is 28.4 Å². The summed E-state index contributed by atoms with van der Waals surface area (Å²) in [5.41, 5.74) is 7.27. The van der Waals surface area contributed by atoms with Gasteiger partial charge in [0.15, 0.2) is 23.0 Å². The molecule has 0 aliphatic heterocycles. The highest BCUT2D eigenvalue weighted by atomic mass is 16.5. The fraction of sp³-hybridized carbons (Fsp3) is 0.444. The summed E-state index contributed by atoms with van der Waals surface area (Å²) in [5, 5.41) is 9.70. The van der Waals surface area contributed by atoms with Crippen molar-refractivity contribution in [2.45, 2.75) is 13.1 Å². The lowest BCUT2D eigenvalue weighted by Crippen LogP contribution is -2.17. The summed E-state index contributed by atoms with van der Waals surface area (Å²) in [5.74, 6) is 3.76. The van der Waals surface area contributed by atoms with Crippen LogP contribution in [0.1, 0.15) is 11.1 Å². The predicted octanol–water partition coefficient (Wildman–Crippen LogP) is 2.53. The molecule has 0 aliphatic rings. The number of para-hydroxylation sites is 1. The number of nitrogens with two attached hydrogens (primary N) is 1. The van der Waals surface area contributed by atoms with Crippen LogP contribution >= 0.6 is 0 Å². The Labute approximate surface area is 234 Å². The lowest BCUT2D eigenvalue weighted by Gasteiger charge is -2.14. The molecule has 0 fully saturated rings. The van der Waals surface area contributed by atoms with Gasteiger partial charge in [-0.3, -0.25) is 0 Å². The monoisotopic (exact) mass is 557 g/mol. The van der Waals surface area contributed by atoms with Gasteiger partial charge in [0.05, 0.1) is 54.9 Å². The van der Waals surface area contributed by atoms with E-state index in [2.05, 4.69) is 30.9 Å². The van der Waals surface area contributed by atoms with E-state index in [4.69, 9.17) is 34.2 Å². The molecule has 1 aromatic heterocycles. The Kier molecular flexibility index (Phi) is 12.8. The van der Waals surface area contributed by atoms with Gasteiger partial charge >= 0.3 is 0 Å². The van der Waals surface area contributed by atoms with Crippen molar-refractivity contribution in [3.05, 3.63) is 47.5 Å². The van der Waals surface area contributed by atoms with E-state index in [1.165, 1.54) is 0 Å². The first kappa shape index (κ1) is 30.5. The van der Waals surface area contributed by atoms with Crippen LogP contribution in [0, 0.1) is 0 Å². The summed E-state index contributed by atoms with van der Waals surface area (Å²) in [6.07, 6.45) is 0. The van der Waals surface area contributed by atoms with Gasteiger partial charge in [-0.2, -0.15) is 15.0 Å². The first-order chi connectivity index (χ1) is 19.6. The maximum absolute atomic E-state index is 5.58. The molecule has 0 amide bonds. The molecule has 3 rings (SSSR count). The molecule has 0 aliphatic carbocycles. The van der Waals surface area contributed by atoms with Crippen LogP contribution in [0.5, 0.6) is 23.0 Å². The minimum atomic E-state index is 0.383. The number of methoxy groups -OCH3 is 4. The van der Waals surface area contributed by atoms with Gasteiger partial charge in [-0.1, -0.05) is 18.2 Å². The third kappa shape index (κ3) is 9.29. The molecule has 0 bridgehead atoms. The third-order valence-electron chi connectivity index (χ3n) is 5.62. The Hall–Kier alpha value is -4.07. The highest BCUT2D eigenvalue weighted by molar-refractivity contribution is 5.49. The van der Waals surface area contributed by atoms with Crippen LogP contribution < -0.4 is 40.6 Å². The Balaban J connectivity index is 1.69. The first-order valence-electron chi connectivity index (χ1n) is 12.9. The maximum Gasteiger partial charge on any atom is 0.229 e. The van der Waals surface area contributed by atoms with Gasteiger partial charge in [-0.05, 0) is 23.8 Å². The first-order valence-corrected chi connectivity index (χ1v) is 12.9. The van der Waals surface area contributed by atoms with Gasteiger partial charge in [0.25, 0.3) is 0 Å². The standard InChI is InChI=1S/C27H39N7O6/c1-35-21-9-8-19(16-23(21)37-3)17-30-26-32-25(29-11-13-40-15-14-39-12-10-28)33-27(34-26)31-18-20-6-5-7-22(36-2)24(20)38-4/h5-9,16H,10-15,17-18,28H2,1-4H3,(H3,29,30,31,32,33,34). The van der Waals surface area contributed by atoms with Crippen LogP contribution in [0.3, 0.4) is 0 Å². The van der Waals surface area contributed by atoms with Crippen molar-refractivity contribution in [2.24, 2.45) is 5.73 Å². The highest BCUT2D eigenvalue weighted by Crippen LogP contribution is 2.31. The molecule has 13 heteroatoms. The van der Waals surface area contributed by atoms with Crippen LogP contribution in [0.15, 0.2) is 36.4 Å². The number of anilines is 3. The quantitative estimate of drug-likeness (QED) is 0.160. The molecule has 0 atom stereocenters. The Morgan fingerprint density at radius 1 is 0.650 bits per heavy atom. The molecule has 218 valence electrons. The van der Waals surface area contributed by atoms with Gasteiger partial charge < -0.3 is 50.1 Å². The van der Waals surface area contributed by atoms with Crippen molar-refractivity contribution >= 4 is 17.8 Å². The van der Waals surface area contributed by atoms with Crippen LogP contribution in [0.2, 0.25) is 0 Å². The fourth-order valence-corrected chi connectivity index (χ4v) is 3.69. The number of aromatic nitrogens is 3. The highest BCUT2D eigenvalue weighted by Gasteiger charge is 2.12. The maximum atomic E-state index is 5.58. The summed E-state index contributed by atoms with van der Waals surface area (Å²) in [6.45, 7) is 3.80. The van der Waals surface area contributed by atoms with E-state index in [0.29, 0.717) is 93.4 Å².